The van der Waals surface area contributed by atoms with Crippen LogP contribution in [-0.2, 0) is 6.54 Å². The van der Waals surface area contributed by atoms with Crippen molar-refractivity contribution in [3.8, 4) is 17.2 Å². The quantitative estimate of drug-likeness (QED) is 0.889. The predicted octanol–water partition coefficient (Wildman–Crippen LogP) is 2.73. The lowest BCUT2D eigenvalue weighted by Gasteiger charge is -2.05. The molecule has 0 bridgehead atoms. The number of hydrogen-bond acceptors (Lipinski definition) is 3. The van der Waals surface area contributed by atoms with Gasteiger partial charge in [0.25, 0.3) is 0 Å². The number of nitriles is 1. The molecule has 0 atom stereocenters. The van der Waals surface area contributed by atoms with Crippen LogP contribution in [0.2, 0.25) is 0 Å². The number of nitrogens with one attached hydrogen (secondary N) is 1. The lowest BCUT2D eigenvalue weighted by atomic mass is 10.0. The Hall–Kier alpha value is -2.18. The second-order valence-corrected chi connectivity index (χ2v) is 4.05. The highest BCUT2D eigenvalue weighted by Crippen LogP contribution is 2.20. The highest BCUT2D eigenvalue weighted by atomic mass is 14.8. The minimum absolute atomic E-state index is 0.671. The molecule has 3 heteroatoms. The first-order valence-corrected chi connectivity index (χ1v) is 5.98. The molecule has 0 fully saturated rings. The Kier molecular flexibility index (Phi) is 4.06. The lowest BCUT2D eigenvalue weighted by Crippen LogP contribution is -2.11. The predicted molar refractivity (Wildman–Crippen MR) is 71.8 cm³/mol. The van der Waals surface area contributed by atoms with Gasteiger partial charge in [0, 0.05) is 24.5 Å². The van der Waals surface area contributed by atoms with Gasteiger partial charge in [0.1, 0.15) is 0 Å². The third kappa shape index (κ3) is 2.93. The molecule has 0 radical (unpaired) electrons. The van der Waals surface area contributed by atoms with E-state index in [1.54, 1.807) is 6.07 Å². The monoisotopic (exact) mass is 237 g/mol. The number of pyridine rings is 1. The maximum atomic E-state index is 8.90. The zero-order valence-corrected chi connectivity index (χ0v) is 10.4. The maximum absolute atomic E-state index is 8.90. The van der Waals surface area contributed by atoms with Crippen LogP contribution >= 0.6 is 0 Å². The van der Waals surface area contributed by atoms with E-state index in [9.17, 15) is 0 Å². The summed E-state index contributed by atoms with van der Waals surface area (Å²) in [5, 5.41) is 12.2. The fraction of sp³-hybridized carbons (Fsp3) is 0.200. The summed E-state index contributed by atoms with van der Waals surface area (Å²) in [5.41, 5.74) is 3.89. The van der Waals surface area contributed by atoms with E-state index in [1.807, 2.05) is 30.6 Å². The molecule has 1 heterocycles. The van der Waals surface area contributed by atoms with Crippen molar-refractivity contribution in [1.82, 2.24) is 10.3 Å². The van der Waals surface area contributed by atoms with Crippen molar-refractivity contribution in [3.05, 3.63) is 53.9 Å². The Balaban J connectivity index is 2.29. The largest absolute Gasteiger partial charge is 0.313 e. The maximum Gasteiger partial charge on any atom is 0.0991 e. The zero-order chi connectivity index (χ0) is 12.8. The van der Waals surface area contributed by atoms with Crippen LogP contribution in [0.3, 0.4) is 0 Å². The van der Waals surface area contributed by atoms with E-state index in [0.717, 1.165) is 29.8 Å². The van der Waals surface area contributed by atoms with E-state index in [2.05, 4.69) is 29.4 Å². The lowest BCUT2D eigenvalue weighted by molar-refractivity contribution is 0.724. The van der Waals surface area contributed by atoms with Crippen molar-refractivity contribution in [3.63, 3.8) is 0 Å². The molecule has 1 aromatic carbocycles. The van der Waals surface area contributed by atoms with Crippen LogP contribution in [-0.4, -0.2) is 11.5 Å². The van der Waals surface area contributed by atoms with Gasteiger partial charge in [-0.3, -0.25) is 4.98 Å². The van der Waals surface area contributed by atoms with Crippen molar-refractivity contribution in [2.75, 3.05) is 6.54 Å². The van der Waals surface area contributed by atoms with Crippen molar-refractivity contribution in [2.45, 2.75) is 13.5 Å². The summed E-state index contributed by atoms with van der Waals surface area (Å²) in [5.74, 6) is 0. The Morgan fingerprint density at radius 1 is 1.22 bits per heavy atom. The Morgan fingerprint density at radius 2 is 2.11 bits per heavy atom. The van der Waals surface area contributed by atoms with Crippen LogP contribution < -0.4 is 5.32 Å². The molecule has 0 spiro atoms. The minimum atomic E-state index is 0.671. The Bertz CT molecular complexity index is 570. The van der Waals surface area contributed by atoms with Crippen molar-refractivity contribution >= 4 is 0 Å². The van der Waals surface area contributed by atoms with E-state index < -0.39 is 0 Å². The molecule has 18 heavy (non-hydrogen) atoms. The summed E-state index contributed by atoms with van der Waals surface area (Å²) < 4.78 is 0. The first-order valence-electron chi connectivity index (χ1n) is 5.98. The molecule has 2 rings (SSSR count). The van der Waals surface area contributed by atoms with Crippen molar-refractivity contribution in [2.24, 2.45) is 0 Å². The molecule has 0 saturated carbocycles. The molecular weight excluding hydrogens is 222 g/mol. The number of aromatic nitrogens is 1. The minimum Gasteiger partial charge on any atom is -0.313 e. The Labute approximate surface area is 107 Å². The van der Waals surface area contributed by atoms with Gasteiger partial charge in [-0.15, -0.1) is 0 Å². The van der Waals surface area contributed by atoms with Gasteiger partial charge in [-0.2, -0.15) is 5.26 Å². The molecule has 2 aromatic rings. The van der Waals surface area contributed by atoms with Gasteiger partial charge in [0.2, 0.25) is 0 Å². The fourth-order valence-corrected chi connectivity index (χ4v) is 1.78. The molecule has 0 aliphatic carbocycles. The topological polar surface area (TPSA) is 48.7 Å². The average Bonchev–Trinajstić information content (AvgIpc) is 2.45. The number of rotatable bonds is 4. The molecule has 0 amide bonds. The number of benzene rings is 1. The molecule has 1 N–H and O–H groups in total. The summed E-state index contributed by atoms with van der Waals surface area (Å²) in [6.45, 7) is 3.83. The number of hydrogen-bond donors (Lipinski definition) is 1. The van der Waals surface area contributed by atoms with Gasteiger partial charge in [0.15, 0.2) is 0 Å². The van der Waals surface area contributed by atoms with Gasteiger partial charge < -0.3 is 5.32 Å². The number of nitrogens with zero attached hydrogens (tertiary/aromatic N) is 2. The van der Waals surface area contributed by atoms with Crippen LogP contribution in [0.25, 0.3) is 11.1 Å². The average molecular weight is 237 g/mol. The summed E-state index contributed by atoms with van der Waals surface area (Å²) in [4.78, 5) is 4.25. The third-order valence-electron chi connectivity index (χ3n) is 2.70. The van der Waals surface area contributed by atoms with Crippen molar-refractivity contribution < 1.29 is 0 Å². The normalized spacial score (nSPS) is 10.0. The second kappa shape index (κ2) is 5.95. The smallest absolute Gasteiger partial charge is 0.0991 e. The van der Waals surface area contributed by atoms with E-state index >= 15 is 0 Å². The first kappa shape index (κ1) is 12.3. The van der Waals surface area contributed by atoms with Gasteiger partial charge >= 0.3 is 0 Å². The van der Waals surface area contributed by atoms with Crippen LogP contribution in [0.5, 0.6) is 0 Å². The van der Waals surface area contributed by atoms with Gasteiger partial charge in [-0.05, 0) is 35.9 Å². The first-order chi connectivity index (χ1) is 8.83. The molecule has 90 valence electrons. The highest BCUT2D eigenvalue weighted by Gasteiger charge is 2.01. The van der Waals surface area contributed by atoms with Gasteiger partial charge in [0.05, 0.1) is 11.6 Å². The molecule has 0 unspecified atom stereocenters. The van der Waals surface area contributed by atoms with E-state index in [0.29, 0.717) is 5.56 Å². The molecule has 3 nitrogen and oxygen atoms in total. The molecule has 0 saturated heterocycles. The zero-order valence-electron chi connectivity index (χ0n) is 10.4. The van der Waals surface area contributed by atoms with E-state index in [4.69, 9.17) is 5.26 Å². The Morgan fingerprint density at radius 3 is 2.89 bits per heavy atom. The molecular formula is C15H15N3. The second-order valence-electron chi connectivity index (χ2n) is 4.05. The summed E-state index contributed by atoms with van der Waals surface area (Å²) in [6.07, 6.45) is 3.69. The molecule has 0 aliphatic rings. The fourth-order valence-electron chi connectivity index (χ4n) is 1.78. The SMILES string of the molecule is CCNCc1cncc(-c2cccc(C#N)c2)c1. The highest BCUT2D eigenvalue weighted by molar-refractivity contribution is 5.64. The van der Waals surface area contributed by atoms with E-state index in [1.165, 1.54) is 0 Å². The standard InChI is InChI=1S/C15H15N3/c1-2-17-9-13-7-15(11-18-10-13)14-5-3-4-12(6-14)8-16/h3-7,10-11,17H,2,9H2,1H3. The third-order valence-corrected chi connectivity index (χ3v) is 2.70. The van der Waals surface area contributed by atoms with Crippen LogP contribution in [0.1, 0.15) is 18.1 Å². The van der Waals surface area contributed by atoms with Crippen LogP contribution in [0, 0.1) is 11.3 Å². The van der Waals surface area contributed by atoms with Crippen LogP contribution in [0.4, 0.5) is 0 Å². The summed E-state index contributed by atoms with van der Waals surface area (Å²) >= 11 is 0. The van der Waals surface area contributed by atoms with E-state index in [-0.39, 0.29) is 0 Å². The molecule has 1 aromatic heterocycles. The summed E-state index contributed by atoms with van der Waals surface area (Å²) in [6, 6.07) is 11.8. The van der Waals surface area contributed by atoms with Gasteiger partial charge in [-0.1, -0.05) is 19.1 Å². The van der Waals surface area contributed by atoms with Crippen molar-refractivity contribution in [1.29, 1.82) is 5.26 Å². The van der Waals surface area contributed by atoms with Crippen LogP contribution in [0.15, 0.2) is 42.7 Å². The molecule has 0 aliphatic heterocycles. The van der Waals surface area contributed by atoms with Gasteiger partial charge in [-0.25, -0.2) is 0 Å². The summed E-state index contributed by atoms with van der Waals surface area (Å²) in [7, 11) is 0.